The molecule has 7 rings (SSSR count). The van der Waals surface area contributed by atoms with Crippen LogP contribution in [0.2, 0.25) is 5.02 Å². The van der Waals surface area contributed by atoms with Gasteiger partial charge < -0.3 is 74.3 Å². The largest absolute Gasteiger partial charge is 0.506 e. The molecule has 0 spiro atoms. The fraction of sp³-hybridized carbons (Fsp3) is 0.538. The van der Waals surface area contributed by atoms with E-state index in [-0.39, 0.29) is 100 Å². The Balaban J connectivity index is 0.000000321. The van der Waals surface area contributed by atoms with Crippen LogP contribution in [-0.2, 0) is 33.2 Å². The topological polar surface area (TPSA) is 346 Å². The highest BCUT2D eigenvalue weighted by atomic mass is 35.5. The summed E-state index contributed by atoms with van der Waals surface area (Å²) in [5.41, 5.74) is 3.72. The summed E-state index contributed by atoms with van der Waals surface area (Å²) in [6.07, 6.45) is 25.7. The summed E-state index contributed by atoms with van der Waals surface area (Å²) in [6, 6.07) is 27.1. The highest BCUT2D eigenvalue weighted by Gasteiger charge is 2.24. The molecular weight excluding hydrogens is 1540 g/mol. The van der Waals surface area contributed by atoms with Gasteiger partial charge in [-0.1, -0.05) is 243 Å². The van der Waals surface area contributed by atoms with Gasteiger partial charge in [0.05, 0.1) is 77.2 Å². The third kappa shape index (κ3) is 38.0. The molecule has 0 aromatic heterocycles. The number of carboxylic acids is 1. The van der Waals surface area contributed by atoms with Crippen LogP contribution in [0.5, 0.6) is 28.7 Å². The number of halogens is 1. The van der Waals surface area contributed by atoms with Gasteiger partial charge in [-0.2, -0.15) is 0 Å². The summed E-state index contributed by atoms with van der Waals surface area (Å²) in [4.78, 5) is 85.9. The number of anilines is 3. The van der Waals surface area contributed by atoms with Crippen molar-refractivity contribution in [2.24, 2.45) is 17.8 Å². The predicted octanol–water partition coefficient (Wildman–Crippen LogP) is 21.3. The number of ether oxygens (including phenoxy) is 8. The van der Waals surface area contributed by atoms with Gasteiger partial charge in [-0.25, -0.2) is 19.2 Å². The number of carbonyl (C=O) groups excluding carboxylic acids is 6. The number of aromatic hydroxyl groups is 3. The van der Waals surface area contributed by atoms with E-state index in [9.17, 15) is 48.9 Å². The number of benzene rings is 7. The number of phenols is 3. The van der Waals surface area contributed by atoms with E-state index in [1.54, 1.807) is 66.7 Å². The van der Waals surface area contributed by atoms with Gasteiger partial charge in [-0.3, -0.25) is 30.3 Å². The summed E-state index contributed by atoms with van der Waals surface area (Å²) >= 11 is 6.49. The standard InChI is InChI=1S/C35H54N2O9.C31H47ClN2O5.C27H32N2O5/c1-4-5-6-7-8-9-10-11-12-13-19-43-20-15-18-36-34(41)28-23-30(45-22-21-44-25-31(38)39)32-27(33(28)40)16-14-17-29(32)37-35(42)46-24-26(2)3;1-4-5-6-7-8-9-10-11-12-13-19-38-20-15-18-33-30(36)25-21-26(32)28-24(29(25)35)16-14-17-27(28)34-31(37)39-22-23(2)3;1-17(2)16-34-27(32)29-23-8-5-7-21-20(23)10-11-22(25(21)30)26(31)28-13-6-14-33-24-12-9-18(3)15-19(24)4/h14,16-17,23,26,40H,4-13,15,18-22,24-25H2,1-3H3,(H,36,41)(H,37,42)(H,38,39);14,16-17,21,23,35H,4-13,15,18-20,22H2,1-3H3,(H,33,36)(H,34,37);5,7-12,15,17,30H,6,13-14,16H2,1-4H3,(H,28,31)(H,29,32). The number of rotatable bonds is 53. The van der Waals surface area contributed by atoms with Crippen molar-refractivity contribution >= 4 is 103 Å². The van der Waals surface area contributed by atoms with E-state index in [0.717, 1.165) is 30.8 Å². The van der Waals surface area contributed by atoms with Crippen LogP contribution in [0.4, 0.5) is 31.4 Å². The van der Waals surface area contributed by atoms with Crippen molar-refractivity contribution in [1.82, 2.24) is 16.0 Å². The van der Waals surface area contributed by atoms with Crippen molar-refractivity contribution in [3.8, 4) is 28.7 Å². The van der Waals surface area contributed by atoms with Gasteiger partial charge in [-0.15, -0.1) is 0 Å². The van der Waals surface area contributed by atoms with E-state index in [1.807, 2.05) is 67.5 Å². The second-order valence-corrected chi connectivity index (χ2v) is 31.4. The summed E-state index contributed by atoms with van der Waals surface area (Å²) in [5.74, 6) is -1.37. The highest BCUT2D eigenvalue weighted by molar-refractivity contribution is 6.38. The van der Waals surface area contributed by atoms with Crippen LogP contribution in [0.3, 0.4) is 0 Å². The summed E-state index contributed by atoms with van der Waals surface area (Å²) in [7, 11) is 0. The number of carbonyl (C=O) groups is 7. The molecule has 0 fully saturated rings. The first-order valence-corrected chi connectivity index (χ1v) is 43.1. The molecule has 7 aromatic rings. The zero-order valence-corrected chi connectivity index (χ0v) is 72.7. The molecular formula is C93H133ClN6O19. The SMILES string of the molecule is CCCCCCCCCCCCOCCCNC(=O)c1cc(Cl)c2c(NC(=O)OCC(C)C)cccc2c1O.CCCCCCCCCCCCOCCCNC(=O)c1cc(OCCOCC(=O)O)c2c(NC(=O)OCC(C)C)cccc2c1O.Cc1ccc(OCCCNC(=O)c2ccc3c(NC(=O)OCC(C)C)cccc3c2O)c(C)c1. The molecule has 0 saturated carbocycles. The lowest BCUT2D eigenvalue weighted by Crippen LogP contribution is -2.25. The molecule has 0 radical (unpaired) electrons. The number of fused-ring (bicyclic) bond motifs is 3. The van der Waals surface area contributed by atoms with Crippen LogP contribution < -0.4 is 41.4 Å². The maximum atomic E-state index is 13.1. The minimum absolute atomic E-state index is 0.000212. The molecule has 0 unspecified atom stereocenters. The van der Waals surface area contributed by atoms with Gasteiger partial charge in [0, 0.05) is 73.0 Å². The second kappa shape index (κ2) is 57.4. The Morgan fingerprint density at radius 3 is 1.24 bits per heavy atom. The number of nitrogens with one attached hydrogen (secondary N) is 6. The van der Waals surface area contributed by atoms with E-state index in [1.165, 1.54) is 133 Å². The van der Waals surface area contributed by atoms with E-state index >= 15 is 0 Å². The summed E-state index contributed by atoms with van der Waals surface area (Å²) in [6.45, 7) is 24.6. The quantitative estimate of drug-likeness (QED) is 0.0125. The Hall–Kier alpha value is -9.82. The lowest BCUT2D eigenvalue weighted by atomic mass is 10.0. The minimum atomic E-state index is -1.11. The number of phenolic OH excluding ortho intramolecular Hbond substituents is 3. The Labute approximate surface area is 708 Å². The van der Waals surface area contributed by atoms with Crippen LogP contribution in [0.1, 0.15) is 245 Å². The Morgan fingerprint density at radius 2 is 0.773 bits per heavy atom. The highest BCUT2D eigenvalue weighted by Crippen LogP contribution is 2.42. The molecule has 26 heteroatoms. The molecule has 656 valence electrons. The summed E-state index contributed by atoms with van der Waals surface area (Å²) in [5, 5.41) is 60.7. The van der Waals surface area contributed by atoms with Crippen molar-refractivity contribution in [3.63, 3.8) is 0 Å². The van der Waals surface area contributed by atoms with Crippen LogP contribution in [0.15, 0.2) is 97.1 Å². The van der Waals surface area contributed by atoms with Gasteiger partial charge in [-0.05, 0) is 112 Å². The number of unbranched alkanes of at least 4 members (excludes halogenated alkanes) is 18. The van der Waals surface area contributed by atoms with Gasteiger partial charge in [0.2, 0.25) is 0 Å². The molecule has 10 N–H and O–H groups in total. The normalized spacial score (nSPS) is 11.1. The number of aliphatic carboxylic acids is 1. The molecule has 0 aliphatic rings. The molecule has 7 aromatic carbocycles. The molecule has 119 heavy (non-hydrogen) atoms. The molecule has 0 atom stereocenters. The maximum Gasteiger partial charge on any atom is 0.411 e. The van der Waals surface area contributed by atoms with E-state index < -0.39 is 42.7 Å². The molecule has 0 aliphatic heterocycles. The van der Waals surface area contributed by atoms with Crippen LogP contribution >= 0.6 is 11.6 Å². The zero-order valence-electron chi connectivity index (χ0n) is 71.9. The molecule has 25 nitrogen and oxygen atoms in total. The van der Waals surface area contributed by atoms with Crippen molar-refractivity contribution in [2.75, 3.05) is 108 Å². The molecule has 6 amide bonds. The number of amides is 6. The monoisotopic (exact) mass is 1670 g/mol. The molecule has 0 saturated heterocycles. The first-order chi connectivity index (χ1) is 57.3. The smallest absolute Gasteiger partial charge is 0.411 e. The first kappa shape index (κ1) is 99.7. The lowest BCUT2D eigenvalue weighted by molar-refractivity contribution is -0.142. The second-order valence-electron chi connectivity index (χ2n) is 31.0. The third-order valence-electron chi connectivity index (χ3n) is 19.0. The lowest BCUT2D eigenvalue weighted by Gasteiger charge is -2.17. The van der Waals surface area contributed by atoms with Crippen LogP contribution in [0.25, 0.3) is 32.3 Å². The molecule has 0 aliphatic carbocycles. The van der Waals surface area contributed by atoms with Crippen LogP contribution in [-0.4, -0.2) is 155 Å². The van der Waals surface area contributed by atoms with E-state index in [2.05, 4.69) is 51.8 Å². The zero-order chi connectivity index (χ0) is 86.7. The first-order valence-electron chi connectivity index (χ1n) is 42.8. The average Bonchev–Trinajstić information content (AvgIpc) is 0.783. The number of hydrogen-bond acceptors (Lipinski definition) is 18. The van der Waals surface area contributed by atoms with Gasteiger partial charge in [0.25, 0.3) is 17.7 Å². The van der Waals surface area contributed by atoms with Crippen LogP contribution in [0, 0.1) is 31.6 Å². The third-order valence-corrected chi connectivity index (χ3v) is 19.3. The Bertz CT molecular complexity index is 4250. The fourth-order valence-electron chi connectivity index (χ4n) is 12.7. The van der Waals surface area contributed by atoms with E-state index in [0.29, 0.717) is 116 Å². The Morgan fingerprint density at radius 1 is 0.378 bits per heavy atom. The van der Waals surface area contributed by atoms with Crippen molar-refractivity contribution < 1.29 is 91.9 Å². The number of hydrogen-bond donors (Lipinski definition) is 10. The Kier molecular flexibility index (Phi) is 48.1. The molecule has 0 heterocycles. The van der Waals surface area contributed by atoms with Gasteiger partial charge >= 0.3 is 24.2 Å². The van der Waals surface area contributed by atoms with Gasteiger partial charge in [0.1, 0.15) is 42.0 Å². The van der Waals surface area contributed by atoms with Crippen molar-refractivity contribution in [1.29, 1.82) is 0 Å². The summed E-state index contributed by atoms with van der Waals surface area (Å²) < 4.78 is 43.7. The molecule has 0 bridgehead atoms. The number of aryl methyl sites for hydroxylation is 2. The van der Waals surface area contributed by atoms with Gasteiger partial charge in [0.15, 0.2) is 0 Å². The van der Waals surface area contributed by atoms with Crippen molar-refractivity contribution in [2.45, 2.75) is 217 Å². The number of carboxylic acid groups (broad SMARTS) is 1. The van der Waals surface area contributed by atoms with E-state index in [4.69, 9.17) is 54.6 Å². The fourth-order valence-corrected chi connectivity index (χ4v) is 13.0. The van der Waals surface area contributed by atoms with Crippen molar-refractivity contribution in [3.05, 3.63) is 130 Å². The predicted molar refractivity (Wildman–Crippen MR) is 473 cm³/mol. The maximum absolute atomic E-state index is 13.1. The minimum Gasteiger partial charge on any atom is -0.506 e. The average molecular weight is 1670 g/mol.